The maximum absolute atomic E-state index is 9.32. The van der Waals surface area contributed by atoms with E-state index in [0.717, 1.165) is 16.7 Å². The molecule has 0 N–H and O–H groups in total. The molecule has 2 aromatic heterocycles. The molecule has 0 aliphatic heterocycles. The highest BCUT2D eigenvalue weighted by Gasteiger charge is 2.07. The Hall–Kier alpha value is -3.26. The van der Waals surface area contributed by atoms with Crippen LogP contribution in [-0.2, 0) is 0 Å². The average Bonchev–Trinajstić information content (AvgIpc) is 3.01. The molecule has 0 amide bonds. The van der Waals surface area contributed by atoms with Crippen molar-refractivity contribution in [3.05, 3.63) is 65.7 Å². The van der Waals surface area contributed by atoms with E-state index < -0.39 is 0 Å². The van der Waals surface area contributed by atoms with E-state index in [9.17, 15) is 5.26 Å². The van der Waals surface area contributed by atoms with Gasteiger partial charge in [-0.1, -0.05) is 23.3 Å². The summed E-state index contributed by atoms with van der Waals surface area (Å²) in [6, 6.07) is 13.8. The summed E-state index contributed by atoms with van der Waals surface area (Å²) in [7, 11) is 0. The van der Waals surface area contributed by atoms with Crippen molar-refractivity contribution in [2.24, 2.45) is 0 Å². The Morgan fingerprint density at radius 3 is 2.57 bits per heavy atom. The molecule has 0 aliphatic carbocycles. The number of hydrogen-bond acceptors (Lipinski definition) is 4. The summed E-state index contributed by atoms with van der Waals surface area (Å²) < 4.78 is 1.54. The van der Waals surface area contributed by atoms with Gasteiger partial charge in [-0.25, -0.2) is 9.67 Å². The fourth-order valence-corrected chi connectivity index (χ4v) is 2.38. The predicted octanol–water partition coefficient (Wildman–Crippen LogP) is 3.48. The fourth-order valence-electron chi connectivity index (χ4n) is 2.38. The second-order valence-electron chi connectivity index (χ2n) is 5.29. The van der Waals surface area contributed by atoms with Gasteiger partial charge in [-0.3, -0.25) is 4.98 Å². The lowest BCUT2D eigenvalue weighted by atomic mass is 10.1. The number of aryl methyl sites for hydroxylation is 2. The minimum atomic E-state index is 0.433. The number of nitriles is 1. The first-order chi connectivity index (χ1) is 11.2. The van der Waals surface area contributed by atoms with Gasteiger partial charge < -0.3 is 0 Å². The number of benzene rings is 1. The van der Waals surface area contributed by atoms with E-state index in [-0.39, 0.29) is 0 Å². The van der Waals surface area contributed by atoms with E-state index in [1.165, 1.54) is 0 Å². The second kappa shape index (κ2) is 6.24. The molecule has 0 atom stereocenters. The molecule has 1 aromatic carbocycles. The number of allylic oxidation sites excluding steroid dienone is 1. The highest BCUT2D eigenvalue weighted by Crippen LogP contribution is 2.19. The zero-order valence-corrected chi connectivity index (χ0v) is 12.9. The van der Waals surface area contributed by atoms with E-state index in [0.29, 0.717) is 17.1 Å². The average molecular weight is 301 g/mol. The molecule has 23 heavy (non-hydrogen) atoms. The maximum atomic E-state index is 9.32. The lowest BCUT2D eigenvalue weighted by Gasteiger charge is -2.00. The zero-order chi connectivity index (χ0) is 16.2. The summed E-state index contributed by atoms with van der Waals surface area (Å²) in [6.45, 7) is 4.09. The predicted molar refractivity (Wildman–Crippen MR) is 88.9 cm³/mol. The molecule has 3 rings (SSSR count). The number of hydrogen-bond donors (Lipinski definition) is 0. The highest BCUT2D eigenvalue weighted by atomic mass is 15.3. The molecule has 0 unspecified atom stereocenters. The van der Waals surface area contributed by atoms with Crippen molar-refractivity contribution in [2.45, 2.75) is 13.8 Å². The number of aromatic nitrogens is 4. The molecule has 0 aliphatic rings. The molecule has 0 saturated carbocycles. The van der Waals surface area contributed by atoms with Crippen LogP contribution in [0.2, 0.25) is 0 Å². The third-order valence-corrected chi connectivity index (χ3v) is 3.31. The normalized spacial score (nSPS) is 11.3. The standard InChI is InChI=1S/C18H15N5/c1-13-7-14(2)9-15(8-13)18-21-12-23(22-18)11-16(10-19)17-5-3-4-6-20-17/h3-9,11-12H,1-2H3. The van der Waals surface area contributed by atoms with E-state index in [1.54, 1.807) is 29.5 Å². The maximum Gasteiger partial charge on any atom is 0.181 e. The topological polar surface area (TPSA) is 67.4 Å². The Balaban J connectivity index is 1.96. The molecule has 0 radical (unpaired) electrons. The van der Waals surface area contributed by atoms with Gasteiger partial charge in [0, 0.05) is 11.8 Å². The van der Waals surface area contributed by atoms with Crippen molar-refractivity contribution >= 4 is 11.8 Å². The van der Waals surface area contributed by atoms with Gasteiger partial charge in [0.05, 0.1) is 17.5 Å². The summed E-state index contributed by atoms with van der Waals surface area (Å²) in [5.74, 6) is 0.631. The molecule has 3 aromatic rings. The van der Waals surface area contributed by atoms with Crippen LogP contribution in [-0.4, -0.2) is 19.7 Å². The smallest absolute Gasteiger partial charge is 0.181 e. The van der Waals surface area contributed by atoms with Gasteiger partial charge in [-0.15, -0.1) is 5.10 Å². The Kier molecular flexibility index (Phi) is 3.98. The molecule has 5 heteroatoms. The molecule has 0 spiro atoms. The third kappa shape index (κ3) is 3.33. The lowest BCUT2D eigenvalue weighted by Crippen LogP contribution is -1.92. The van der Waals surface area contributed by atoms with E-state index in [1.807, 2.05) is 38.1 Å². The Morgan fingerprint density at radius 2 is 1.91 bits per heavy atom. The fraction of sp³-hybridized carbons (Fsp3) is 0.111. The van der Waals surface area contributed by atoms with Crippen molar-refractivity contribution in [2.75, 3.05) is 0 Å². The van der Waals surface area contributed by atoms with Crippen LogP contribution < -0.4 is 0 Å². The molecule has 0 saturated heterocycles. The Bertz CT molecular complexity index is 880. The SMILES string of the molecule is Cc1cc(C)cc(-c2ncn(C=C(C#N)c3ccccn3)n2)c1. The van der Waals surface area contributed by atoms with Crippen molar-refractivity contribution in [3.8, 4) is 17.5 Å². The minimum Gasteiger partial charge on any atom is -0.255 e. The van der Waals surface area contributed by atoms with Gasteiger partial charge in [0.2, 0.25) is 0 Å². The molecule has 0 bridgehead atoms. The van der Waals surface area contributed by atoms with Crippen molar-refractivity contribution < 1.29 is 0 Å². The molecular formula is C18H15N5. The van der Waals surface area contributed by atoms with Crippen LogP contribution in [0.3, 0.4) is 0 Å². The lowest BCUT2D eigenvalue weighted by molar-refractivity contribution is 0.938. The van der Waals surface area contributed by atoms with Crippen molar-refractivity contribution in [3.63, 3.8) is 0 Å². The van der Waals surface area contributed by atoms with E-state index in [4.69, 9.17) is 0 Å². The van der Waals surface area contributed by atoms with Crippen molar-refractivity contribution in [1.29, 1.82) is 5.26 Å². The van der Waals surface area contributed by atoms with Crippen LogP contribution in [0.25, 0.3) is 23.2 Å². The van der Waals surface area contributed by atoms with Crippen LogP contribution >= 0.6 is 0 Å². The Morgan fingerprint density at radius 1 is 1.13 bits per heavy atom. The van der Waals surface area contributed by atoms with Crippen molar-refractivity contribution in [1.82, 2.24) is 19.7 Å². The number of nitrogens with zero attached hydrogens (tertiary/aromatic N) is 5. The molecular weight excluding hydrogens is 286 g/mol. The zero-order valence-electron chi connectivity index (χ0n) is 12.9. The Labute approximate surface area is 134 Å². The summed E-state index contributed by atoms with van der Waals surface area (Å²) in [5, 5.41) is 13.7. The largest absolute Gasteiger partial charge is 0.255 e. The summed E-state index contributed by atoms with van der Waals surface area (Å²) >= 11 is 0. The highest BCUT2D eigenvalue weighted by molar-refractivity contribution is 5.83. The third-order valence-electron chi connectivity index (χ3n) is 3.31. The van der Waals surface area contributed by atoms with Gasteiger partial charge >= 0.3 is 0 Å². The molecule has 2 heterocycles. The second-order valence-corrected chi connectivity index (χ2v) is 5.29. The van der Waals surface area contributed by atoms with Crippen LogP contribution in [0.1, 0.15) is 16.8 Å². The summed E-state index contributed by atoms with van der Waals surface area (Å²) in [4.78, 5) is 8.51. The van der Waals surface area contributed by atoms with Gasteiger partial charge in [-0.05, 0) is 38.1 Å². The number of rotatable bonds is 3. The van der Waals surface area contributed by atoms with Crippen LogP contribution in [0, 0.1) is 25.2 Å². The summed E-state index contributed by atoms with van der Waals surface area (Å²) in [5.41, 5.74) is 4.34. The first-order valence-electron chi connectivity index (χ1n) is 7.19. The minimum absolute atomic E-state index is 0.433. The summed E-state index contributed by atoms with van der Waals surface area (Å²) in [6.07, 6.45) is 4.87. The van der Waals surface area contributed by atoms with E-state index >= 15 is 0 Å². The van der Waals surface area contributed by atoms with Gasteiger partial charge in [0.15, 0.2) is 5.82 Å². The quantitative estimate of drug-likeness (QED) is 0.695. The number of pyridine rings is 1. The first-order valence-corrected chi connectivity index (χ1v) is 7.19. The van der Waals surface area contributed by atoms with Crippen LogP contribution in [0.15, 0.2) is 48.9 Å². The molecule has 0 fully saturated rings. The van der Waals surface area contributed by atoms with Gasteiger partial charge in [0.25, 0.3) is 0 Å². The van der Waals surface area contributed by atoms with Crippen LogP contribution in [0.5, 0.6) is 0 Å². The molecule has 5 nitrogen and oxygen atoms in total. The van der Waals surface area contributed by atoms with Crippen LogP contribution in [0.4, 0.5) is 0 Å². The first kappa shape index (κ1) is 14.7. The monoisotopic (exact) mass is 301 g/mol. The van der Waals surface area contributed by atoms with E-state index in [2.05, 4.69) is 27.2 Å². The van der Waals surface area contributed by atoms with Gasteiger partial charge in [0.1, 0.15) is 12.4 Å². The van der Waals surface area contributed by atoms with Gasteiger partial charge in [-0.2, -0.15) is 5.26 Å². The molecule has 112 valence electrons.